The molecule has 4 fully saturated rings. The van der Waals surface area contributed by atoms with Gasteiger partial charge in [-0.3, -0.25) is 14.4 Å². The fourth-order valence-electron chi connectivity index (χ4n) is 9.82. The number of carbonyl (C=O) groups is 4. The number of fused-ring (bicyclic) bond motifs is 4. The summed E-state index contributed by atoms with van der Waals surface area (Å²) in [6, 6.07) is 9.14. The molecular weight excluding hydrogens is 720 g/mol. The summed E-state index contributed by atoms with van der Waals surface area (Å²) in [5.41, 5.74) is -1.43. The molecule has 13 heteroatoms. The summed E-state index contributed by atoms with van der Waals surface area (Å²) in [6.45, 7) is 14.3. The highest BCUT2D eigenvalue weighted by molar-refractivity contribution is 5.85. The first-order valence-corrected chi connectivity index (χ1v) is 20.6. The van der Waals surface area contributed by atoms with Gasteiger partial charge in [0.2, 0.25) is 0 Å². The van der Waals surface area contributed by atoms with E-state index in [-0.39, 0.29) is 43.3 Å². The molecule has 13 nitrogen and oxygen atoms in total. The Labute approximate surface area is 333 Å². The Morgan fingerprint density at radius 2 is 1.66 bits per heavy atom. The number of nitrogens with zero attached hydrogens (tertiary/aromatic N) is 2. The van der Waals surface area contributed by atoms with Gasteiger partial charge in [-0.05, 0) is 85.9 Å². The molecule has 4 saturated heterocycles. The molecule has 0 saturated carbocycles. The van der Waals surface area contributed by atoms with Crippen molar-refractivity contribution in [1.82, 2.24) is 9.80 Å². The number of cyclic esters (lactones) is 1. The van der Waals surface area contributed by atoms with Gasteiger partial charge in [0.05, 0.1) is 35.9 Å². The summed E-state index contributed by atoms with van der Waals surface area (Å²) in [6.07, 6.45) is -2.22. The first kappa shape index (κ1) is 44.2. The number of Topliss-reactive ketones (excluding diaryl/α,β-unsaturated/α-hetero) is 2. The largest absolute Gasteiger partial charge is 0.458 e. The van der Waals surface area contributed by atoms with Crippen LogP contribution in [-0.2, 0) is 49.2 Å². The van der Waals surface area contributed by atoms with Gasteiger partial charge in [0.25, 0.3) is 0 Å². The minimum Gasteiger partial charge on any atom is -0.458 e. The Hall–Kier alpha value is -2.94. The van der Waals surface area contributed by atoms with Gasteiger partial charge in [0, 0.05) is 30.3 Å². The third-order valence-corrected chi connectivity index (χ3v) is 12.8. The third-order valence-electron chi connectivity index (χ3n) is 12.8. The van der Waals surface area contributed by atoms with E-state index in [0.29, 0.717) is 25.8 Å². The number of aryl methyl sites for hydroxylation is 1. The number of unbranched alkanes of at least 4 members (excludes halogenated alkanes) is 1. The maximum absolute atomic E-state index is 14.8. The van der Waals surface area contributed by atoms with Crippen LogP contribution in [0.3, 0.4) is 0 Å². The number of esters is 1. The molecule has 4 aliphatic heterocycles. The average molecular weight is 787 g/mol. The first-order valence-electron chi connectivity index (χ1n) is 20.6. The molecule has 14 atom stereocenters. The second-order valence-electron chi connectivity index (χ2n) is 17.5. The van der Waals surface area contributed by atoms with Gasteiger partial charge in [-0.1, -0.05) is 58.0 Å². The highest BCUT2D eigenvalue weighted by Gasteiger charge is 2.60. The number of hydrogen-bond acceptors (Lipinski definition) is 12. The van der Waals surface area contributed by atoms with Crippen LogP contribution < -0.4 is 0 Å². The fraction of sp³-hybridized carbons (Fsp3) is 0.767. The van der Waals surface area contributed by atoms with E-state index in [0.717, 1.165) is 12.8 Å². The summed E-state index contributed by atoms with van der Waals surface area (Å²) in [5, 5.41) is 11.6. The number of hydrogen-bond donors (Lipinski definition) is 1. The van der Waals surface area contributed by atoms with Crippen molar-refractivity contribution < 1.29 is 52.7 Å². The molecule has 4 aliphatic rings. The molecule has 0 aromatic heterocycles. The number of ketones is 2. The number of rotatable bonds is 9. The smallest absolute Gasteiger partial charge is 0.410 e. The van der Waals surface area contributed by atoms with E-state index >= 15 is 0 Å². The van der Waals surface area contributed by atoms with Crippen LogP contribution in [0, 0.1) is 23.7 Å². The summed E-state index contributed by atoms with van der Waals surface area (Å²) >= 11 is 0. The zero-order chi connectivity index (χ0) is 41.1. The van der Waals surface area contributed by atoms with Crippen molar-refractivity contribution in [3.63, 3.8) is 0 Å². The third kappa shape index (κ3) is 9.34. The highest BCUT2D eigenvalue weighted by Crippen LogP contribution is 2.44. The predicted octanol–water partition coefficient (Wildman–Crippen LogP) is 4.98. The number of likely N-dealkylation sites (N-methyl/N-ethyl adjacent to an activating group) is 1. The molecule has 1 N–H and O–H groups in total. The van der Waals surface area contributed by atoms with Gasteiger partial charge in [0.1, 0.15) is 31.2 Å². The van der Waals surface area contributed by atoms with Crippen molar-refractivity contribution in [2.75, 3.05) is 33.9 Å². The van der Waals surface area contributed by atoms with Crippen molar-refractivity contribution in [2.24, 2.45) is 23.7 Å². The minimum atomic E-state index is -1.34. The van der Waals surface area contributed by atoms with Gasteiger partial charge in [-0.25, -0.2) is 4.79 Å². The van der Waals surface area contributed by atoms with Crippen LogP contribution >= 0.6 is 0 Å². The Balaban J connectivity index is 1.54. The average Bonchev–Trinajstić information content (AvgIpc) is 3.43. The monoisotopic (exact) mass is 786 g/mol. The van der Waals surface area contributed by atoms with E-state index in [2.05, 4.69) is 12.1 Å². The van der Waals surface area contributed by atoms with Crippen LogP contribution in [0.2, 0.25) is 0 Å². The molecule has 314 valence electrons. The van der Waals surface area contributed by atoms with Crippen LogP contribution in [0.25, 0.3) is 0 Å². The zero-order valence-electron chi connectivity index (χ0n) is 35.1. The van der Waals surface area contributed by atoms with Gasteiger partial charge < -0.3 is 43.3 Å². The van der Waals surface area contributed by atoms with E-state index in [4.69, 9.17) is 28.4 Å². The number of ether oxygens (including phenoxy) is 6. The molecule has 1 amide bonds. The second kappa shape index (κ2) is 18.3. The van der Waals surface area contributed by atoms with E-state index in [1.807, 2.05) is 78.7 Å². The number of amides is 1. The molecule has 2 bridgehead atoms. The number of benzene rings is 1. The van der Waals surface area contributed by atoms with E-state index in [1.54, 1.807) is 18.7 Å². The quantitative estimate of drug-likeness (QED) is 0.266. The summed E-state index contributed by atoms with van der Waals surface area (Å²) in [4.78, 5) is 59.8. The maximum atomic E-state index is 14.8. The molecule has 56 heavy (non-hydrogen) atoms. The van der Waals surface area contributed by atoms with Gasteiger partial charge in [0.15, 0.2) is 17.7 Å². The van der Waals surface area contributed by atoms with Crippen LogP contribution in [0.1, 0.15) is 93.1 Å². The lowest BCUT2D eigenvalue weighted by molar-refractivity contribution is -0.302. The van der Waals surface area contributed by atoms with E-state index < -0.39 is 83.7 Å². The zero-order valence-corrected chi connectivity index (χ0v) is 35.1. The van der Waals surface area contributed by atoms with E-state index in [9.17, 15) is 24.3 Å². The molecule has 1 aromatic carbocycles. The lowest BCUT2D eigenvalue weighted by Gasteiger charge is -2.48. The standard InChI is InChI=1S/C43H66N2O11/c1-11-33-43(8)37(45(41(50)56-43)20-16-15-19-30-17-13-12-14-18-30)27(4)34(47)25(2)22-42(7)38(55-40-35(48)32(44(9)10)21-26(3)53-40)28(5)36(29(6)39(49)54-33)51-23-31(46)24-52-42/h12-14,17-18,25-29,32-33,35-38,40,48H,11,15-16,19-24H2,1-10H3/t25-,26-,27+,28+,29-,32+,33-,35-,36-,37-,38-,40+,42+,43+/m1/s1. The molecule has 0 aliphatic carbocycles. The van der Waals surface area contributed by atoms with Crippen molar-refractivity contribution in [3.05, 3.63) is 35.9 Å². The van der Waals surface area contributed by atoms with Crippen LogP contribution in [0.4, 0.5) is 4.79 Å². The van der Waals surface area contributed by atoms with Gasteiger partial charge in [-0.2, -0.15) is 0 Å². The normalized spacial score (nSPS) is 40.3. The minimum absolute atomic E-state index is 0.131. The van der Waals surface area contributed by atoms with Crippen LogP contribution in [0.5, 0.6) is 0 Å². The fourth-order valence-corrected chi connectivity index (χ4v) is 9.82. The predicted molar refractivity (Wildman–Crippen MR) is 208 cm³/mol. The number of aliphatic hydroxyl groups excluding tert-OH is 1. The Bertz CT molecular complexity index is 1530. The highest BCUT2D eigenvalue weighted by atomic mass is 16.7. The van der Waals surface area contributed by atoms with Crippen molar-refractivity contribution in [2.45, 2.75) is 154 Å². The molecule has 1 aromatic rings. The lowest BCUT2D eigenvalue weighted by atomic mass is 9.73. The Morgan fingerprint density at radius 1 is 0.964 bits per heavy atom. The number of aliphatic hydroxyl groups is 1. The van der Waals surface area contributed by atoms with Gasteiger partial charge >= 0.3 is 12.1 Å². The Morgan fingerprint density at radius 3 is 2.32 bits per heavy atom. The lowest BCUT2D eigenvalue weighted by Crippen LogP contribution is -2.61. The van der Waals surface area contributed by atoms with E-state index in [1.165, 1.54) is 5.56 Å². The summed E-state index contributed by atoms with van der Waals surface area (Å²) in [5.74, 6) is -3.96. The van der Waals surface area contributed by atoms with Gasteiger partial charge in [-0.15, -0.1) is 0 Å². The molecule has 5 rings (SSSR count). The van der Waals surface area contributed by atoms with Crippen molar-refractivity contribution in [3.8, 4) is 0 Å². The molecule has 0 spiro atoms. The van der Waals surface area contributed by atoms with Crippen molar-refractivity contribution in [1.29, 1.82) is 0 Å². The molecule has 4 heterocycles. The molecule has 0 unspecified atom stereocenters. The SMILES string of the molecule is CC[C@H]1OC(=O)[C@H](C)[C@@H]2OCC(=O)CO[C@@](C)(C[C@@H](C)C(=O)[C@H](C)[C@H]3N(CCCCc4ccccc4)C(=O)O[C@@]13C)[C@H](O[C@@H]1O[C@H](C)C[C@H](N(C)C)[C@H]1O)[C@H]2C. The molecular formula is C43H66N2O11. The summed E-state index contributed by atoms with van der Waals surface area (Å²) in [7, 11) is 3.78. The molecule has 0 radical (unpaired) electrons. The number of carbonyl (C=O) groups excluding carboxylic acids is 4. The summed E-state index contributed by atoms with van der Waals surface area (Å²) < 4.78 is 38.3. The van der Waals surface area contributed by atoms with Crippen molar-refractivity contribution >= 4 is 23.6 Å². The van der Waals surface area contributed by atoms with Crippen LogP contribution in [0.15, 0.2) is 30.3 Å². The second-order valence-corrected chi connectivity index (χ2v) is 17.5. The Kier molecular flexibility index (Phi) is 14.5. The first-order chi connectivity index (χ1) is 26.4. The topological polar surface area (TPSA) is 150 Å². The maximum Gasteiger partial charge on any atom is 0.410 e. The van der Waals surface area contributed by atoms with Crippen LogP contribution in [-0.4, -0.2) is 132 Å².